The summed E-state index contributed by atoms with van der Waals surface area (Å²) in [5.74, 6) is 0. The van der Waals surface area contributed by atoms with Crippen molar-refractivity contribution in [3.05, 3.63) is 29.3 Å². The molecule has 0 unspecified atom stereocenters. The van der Waals surface area contributed by atoms with Crippen LogP contribution in [0.1, 0.15) is 38.3 Å². The Kier molecular flexibility index (Phi) is 6.10. The minimum atomic E-state index is 0.0843. The van der Waals surface area contributed by atoms with E-state index in [2.05, 4.69) is 49.2 Å². The van der Waals surface area contributed by atoms with E-state index in [9.17, 15) is 4.79 Å². The maximum Gasteiger partial charge on any atom is 0.317 e. The Morgan fingerprint density at radius 3 is 2.14 bits per heavy atom. The van der Waals surface area contributed by atoms with Crippen molar-refractivity contribution >= 4 is 11.7 Å². The summed E-state index contributed by atoms with van der Waals surface area (Å²) in [5, 5.41) is 2.97. The molecular formula is C18H29N3O. The highest BCUT2D eigenvalue weighted by molar-refractivity contribution is 5.74. The van der Waals surface area contributed by atoms with Crippen molar-refractivity contribution in [2.45, 2.75) is 40.0 Å². The number of para-hydroxylation sites is 1. The number of nitrogens with one attached hydrogen (secondary N) is 1. The van der Waals surface area contributed by atoms with Gasteiger partial charge in [0.25, 0.3) is 0 Å². The zero-order valence-electron chi connectivity index (χ0n) is 14.2. The summed E-state index contributed by atoms with van der Waals surface area (Å²) >= 11 is 0. The summed E-state index contributed by atoms with van der Waals surface area (Å²) < 4.78 is 0. The molecule has 0 radical (unpaired) electrons. The summed E-state index contributed by atoms with van der Waals surface area (Å²) in [6.45, 7) is 10.7. The topological polar surface area (TPSA) is 35.6 Å². The third-order valence-electron chi connectivity index (χ3n) is 4.37. The predicted octanol–water partition coefficient (Wildman–Crippen LogP) is 3.05. The number of aryl methyl sites for hydroxylation is 2. The lowest BCUT2D eigenvalue weighted by atomic mass is 10.0. The van der Waals surface area contributed by atoms with E-state index in [1.807, 2.05) is 4.90 Å². The van der Waals surface area contributed by atoms with E-state index in [0.717, 1.165) is 52.0 Å². The van der Waals surface area contributed by atoms with Crippen LogP contribution in [0.25, 0.3) is 0 Å². The lowest BCUT2D eigenvalue weighted by Crippen LogP contribution is -2.52. The van der Waals surface area contributed by atoms with Crippen molar-refractivity contribution in [1.82, 2.24) is 10.2 Å². The first kappa shape index (κ1) is 16.7. The minimum Gasteiger partial charge on any atom is -0.368 e. The number of benzene rings is 1. The Bertz CT molecular complexity index is 471. The van der Waals surface area contributed by atoms with Crippen LogP contribution in [0.15, 0.2) is 18.2 Å². The first-order valence-corrected chi connectivity index (χ1v) is 8.59. The van der Waals surface area contributed by atoms with Crippen LogP contribution in [0, 0.1) is 0 Å². The van der Waals surface area contributed by atoms with Gasteiger partial charge in [0.15, 0.2) is 0 Å². The standard InChI is InChI=1S/C18H29N3O/c1-4-10-19-18(22)21-13-11-20(12-14-21)17-15(5-2)8-7-9-16(17)6-3/h7-9H,4-6,10-14H2,1-3H3,(H,19,22). The summed E-state index contributed by atoms with van der Waals surface area (Å²) in [4.78, 5) is 16.4. The second kappa shape index (κ2) is 8.06. The van der Waals surface area contributed by atoms with E-state index in [0.29, 0.717) is 0 Å². The molecule has 0 aliphatic carbocycles. The monoisotopic (exact) mass is 303 g/mol. The highest BCUT2D eigenvalue weighted by Gasteiger charge is 2.23. The van der Waals surface area contributed by atoms with Gasteiger partial charge in [0.2, 0.25) is 0 Å². The second-order valence-electron chi connectivity index (χ2n) is 5.84. The van der Waals surface area contributed by atoms with Gasteiger partial charge in [-0.3, -0.25) is 0 Å². The molecular weight excluding hydrogens is 274 g/mol. The molecule has 2 amide bonds. The number of carbonyl (C=O) groups excluding carboxylic acids is 1. The van der Waals surface area contributed by atoms with Crippen molar-refractivity contribution in [3.63, 3.8) is 0 Å². The molecule has 0 aromatic heterocycles. The van der Waals surface area contributed by atoms with Crippen molar-refractivity contribution < 1.29 is 4.79 Å². The smallest absolute Gasteiger partial charge is 0.317 e. The largest absolute Gasteiger partial charge is 0.368 e. The Labute approximate surface area is 134 Å². The van der Waals surface area contributed by atoms with Crippen LogP contribution in [0.3, 0.4) is 0 Å². The van der Waals surface area contributed by atoms with E-state index >= 15 is 0 Å². The summed E-state index contributed by atoms with van der Waals surface area (Å²) in [6.07, 6.45) is 3.09. The highest BCUT2D eigenvalue weighted by Crippen LogP contribution is 2.27. The average molecular weight is 303 g/mol. The Morgan fingerprint density at radius 1 is 1.05 bits per heavy atom. The van der Waals surface area contributed by atoms with Gasteiger partial charge in [-0.25, -0.2) is 4.79 Å². The maximum absolute atomic E-state index is 12.0. The van der Waals surface area contributed by atoms with E-state index in [1.165, 1.54) is 16.8 Å². The quantitative estimate of drug-likeness (QED) is 0.907. The van der Waals surface area contributed by atoms with Crippen molar-refractivity contribution in [2.75, 3.05) is 37.6 Å². The number of hydrogen-bond donors (Lipinski definition) is 1. The highest BCUT2D eigenvalue weighted by atomic mass is 16.2. The molecule has 4 nitrogen and oxygen atoms in total. The zero-order chi connectivity index (χ0) is 15.9. The molecule has 22 heavy (non-hydrogen) atoms. The maximum atomic E-state index is 12.0. The van der Waals surface area contributed by atoms with Crippen LogP contribution in [0.2, 0.25) is 0 Å². The van der Waals surface area contributed by atoms with Crippen LogP contribution >= 0.6 is 0 Å². The fraction of sp³-hybridized carbons (Fsp3) is 0.611. The van der Waals surface area contributed by atoms with Gasteiger partial charge in [-0.1, -0.05) is 39.0 Å². The Balaban J connectivity index is 2.04. The summed E-state index contributed by atoms with van der Waals surface area (Å²) in [7, 11) is 0. The van der Waals surface area contributed by atoms with E-state index < -0.39 is 0 Å². The first-order chi connectivity index (χ1) is 10.7. The Morgan fingerprint density at radius 2 is 1.64 bits per heavy atom. The van der Waals surface area contributed by atoms with E-state index in [4.69, 9.17) is 0 Å². The van der Waals surface area contributed by atoms with Gasteiger partial charge < -0.3 is 15.1 Å². The molecule has 0 bridgehead atoms. The van der Waals surface area contributed by atoms with Crippen molar-refractivity contribution in [2.24, 2.45) is 0 Å². The second-order valence-corrected chi connectivity index (χ2v) is 5.84. The molecule has 1 N–H and O–H groups in total. The SMILES string of the molecule is CCCNC(=O)N1CCN(c2c(CC)cccc2CC)CC1. The average Bonchev–Trinajstić information content (AvgIpc) is 2.58. The lowest BCUT2D eigenvalue weighted by Gasteiger charge is -2.38. The van der Waals surface area contributed by atoms with Crippen LogP contribution in [-0.4, -0.2) is 43.7 Å². The Hall–Kier alpha value is -1.71. The number of anilines is 1. The van der Waals surface area contributed by atoms with Gasteiger partial charge in [-0.05, 0) is 30.4 Å². The molecule has 0 saturated carbocycles. The molecule has 0 atom stereocenters. The molecule has 1 heterocycles. The minimum absolute atomic E-state index is 0.0843. The third-order valence-corrected chi connectivity index (χ3v) is 4.37. The number of urea groups is 1. The molecule has 122 valence electrons. The summed E-state index contributed by atoms with van der Waals surface area (Å²) in [5.41, 5.74) is 4.24. The van der Waals surface area contributed by atoms with Gasteiger partial charge >= 0.3 is 6.03 Å². The molecule has 1 fully saturated rings. The van der Waals surface area contributed by atoms with E-state index in [-0.39, 0.29) is 6.03 Å². The molecule has 4 heteroatoms. The third kappa shape index (κ3) is 3.73. The number of nitrogens with zero attached hydrogens (tertiary/aromatic N) is 2. The van der Waals surface area contributed by atoms with Gasteiger partial charge in [0, 0.05) is 38.4 Å². The fourth-order valence-corrected chi connectivity index (χ4v) is 3.10. The first-order valence-electron chi connectivity index (χ1n) is 8.59. The van der Waals surface area contributed by atoms with Crippen LogP contribution in [0.4, 0.5) is 10.5 Å². The fourth-order valence-electron chi connectivity index (χ4n) is 3.10. The normalized spacial score (nSPS) is 15.0. The summed E-state index contributed by atoms with van der Waals surface area (Å²) in [6, 6.07) is 6.71. The molecule has 1 aliphatic rings. The number of rotatable bonds is 5. The molecule has 0 spiro atoms. The van der Waals surface area contributed by atoms with Crippen LogP contribution < -0.4 is 10.2 Å². The number of amides is 2. The molecule has 1 aliphatic heterocycles. The predicted molar refractivity (Wildman–Crippen MR) is 92.7 cm³/mol. The number of carbonyl (C=O) groups is 1. The molecule has 1 aromatic rings. The lowest BCUT2D eigenvalue weighted by molar-refractivity contribution is 0.194. The van der Waals surface area contributed by atoms with Crippen molar-refractivity contribution in [1.29, 1.82) is 0 Å². The molecule has 1 aromatic carbocycles. The van der Waals surface area contributed by atoms with Crippen molar-refractivity contribution in [3.8, 4) is 0 Å². The van der Waals surface area contributed by atoms with Crippen LogP contribution in [0.5, 0.6) is 0 Å². The van der Waals surface area contributed by atoms with Crippen LogP contribution in [-0.2, 0) is 12.8 Å². The van der Waals surface area contributed by atoms with E-state index in [1.54, 1.807) is 0 Å². The van der Waals surface area contributed by atoms with Gasteiger partial charge in [0.1, 0.15) is 0 Å². The van der Waals surface area contributed by atoms with Gasteiger partial charge in [0.05, 0.1) is 0 Å². The number of hydrogen-bond acceptors (Lipinski definition) is 2. The zero-order valence-corrected chi connectivity index (χ0v) is 14.2. The number of piperazine rings is 1. The van der Waals surface area contributed by atoms with Gasteiger partial charge in [-0.2, -0.15) is 0 Å². The molecule has 1 saturated heterocycles. The molecule has 2 rings (SSSR count). The van der Waals surface area contributed by atoms with Gasteiger partial charge in [-0.15, -0.1) is 0 Å².